The summed E-state index contributed by atoms with van der Waals surface area (Å²) in [6.45, 7) is 3.98. The van der Waals surface area contributed by atoms with Gasteiger partial charge >= 0.3 is 0 Å². The topological polar surface area (TPSA) is 67.4 Å². The number of aryl methyl sites for hydroxylation is 3. The van der Waals surface area contributed by atoms with Crippen molar-refractivity contribution in [2.24, 2.45) is 0 Å². The fraction of sp³-hybridized carbons (Fsp3) is 0.263. The lowest BCUT2D eigenvalue weighted by atomic mass is 10.0. The Morgan fingerprint density at radius 3 is 2.75 bits per heavy atom. The van der Waals surface area contributed by atoms with Crippen LogP contribution < -0.4 is 15.4 Å². The molecule has 0 saturated carbocycles. The van der Waals surface area contributed by atoms with Crippen LogP contribution in [0.2, 0.25) is 0 Å². The number of fused-ring (bicyclic) bond motifs is 1. The van der Waals surface area contributed by atoms with Crippen molar-refractivity contribution in [1.29, 1.82) is 0 Å². The minimum Gasteiger partial charge on any atom is -0.484 e. The van der Waals surface area contributed by atoms with Gasteiger partial charge in [-0.15, -0.1) is 0 Å². The molecule has 3 rings (SSSR count). The van der Waals surface area contributed by atoms with E-state index in [0.29, 0.717) is 18.6 Å². The Hall–Kier alpha value is -2.82. The third-order valence-electron chi connectivity index (χ3n) is 4.13. The molecule has 0 spiro atoms. The van der Waals surface area contributed by atoms with Crippen molar-refractivity contribution in [3.63, 3.8) is 0 Å². The molecule has 0 aromatic heterocycles. The van der Waals surface area contributed by atoms with Crippen molar-refractivity contribution in [3.05, 3.63) is 53.1 Å². The van der Waals surface area contributed by atoms with Crippen molar-refractivity contribution < 1.29 is 14.3 Å². The van der Waals surface area contributed by atoms with Gasteiger partial charge in [0.25, 0.3) is 5.91 Å². The second-order valence-corrected chi connectivity index (χ2v) is 6.00. The molecule has 24 heavy (non-hydrogen) atoms. The van der Waals surface area contributed by atoms with E-state index >= 15 is 0 Å². The van der Waals surface area contributed by atoms with E-state index in [1.54, 1.807) is 6.07 Å². The third kappa shape index (κ3) is 3.74. The maximum Gasteiger partial charge on any atom is 0.262 e. The fourth-order valence-corrected chi connectivity index (χ4v) is 2.61. The van der Waals surface area contributed by atoms with E-state index in [0.717, 1.165) is 22.5 Å². The number of rotatable bonds is 4. The van der Waals surface area contributed by atoms with E-state index < -0.39 is 0 Å². The third-order valence-corrected chi connectivity index (χ3v) is 4.13. The molecule has 0 aliphatic carbocycles. The van der Waals surface area contributed by atoms with Crippen LogP contribution >= 0.6 is 0 Å². The molecule has 2 N–H and O–H groups in total. The molecular weight excluding hydrogens is 304 g/mol. The van der Waals surface area contributed by atoms with Gasteiger partial charge in [-0.3, -0.25) is 9.59 Å². The van der Waals surface area contributed by atoms with Crippen molar-refractivity contribution in [2.75, 3.05) is 17.2 Å². The number of hydrogen-bond acceptors (Lipinski definition) is 3. The molecule has 5 nitrogen and oxygen atoms in total. The first-order valence-electron chi connectivity index (χ1n) is 7.94. The summed E-state index contributed by atoms with van der Waals surface area (Å²) in [5.74, 6) is 0.452. The quantitative estimate of drug-likeness (QED) is 0.907. The van der Waals surface area contributed by atoms with Gasteiger partial charge in [0, 0.05) is 17.8 Å². The van der Waals surface area contributed by atoms with Crippen LogP contribution in [0, 0.1) is 13.8 Å². The van der Waals surface area contributed by atoms with E-state index in [1.807, 2.05) is 44.2 Å². The van der Waals surface area contributed by atoms with Crippen LogP contribution in [0.25, 0.3) is 0 Å². The normalized spacial score (nSPS) is 13.0. The Kier molecular flexibility index (Phi) is 4.51. The fourth-order valence-electron chi connectivity index (χ4n) is 2.61. The Morgan fingerprint density at radius 2 is 1.96 bits per heavy atom. The van der Waals surface area contributed by atoms with Crippen LogP contribution in [-0.2, 0) is 16.0 Å². The Labute approximate surface area is 141 Å². The van der Waals surface area contributed by atoms with E-state index in [-0.39, 0.29) is 18.4 Å². The molecule has 124 valence electrons. The summed E-state index contributed by atoms with van der Waals surface area (Å²) in [6, 6.07) is 11.2. The van der Waals surface area contributed by atoms with Gasteiger partial charge in [-0.25, -0.2) is 0 Å². The second-order valence-electron chi connectivity index (χ2n) is 6.00. The van der Waals surface area contributed by atoms with Gasteiger partial charge in [0.15, 0.2) is 6.61 Å². The molecule has 0 saturated heterocycles. The zero-order chi connectivity index (χ0) is 17.1. The summed E-state index contributed by atoms with van der Waals surface area (Å²) in [7, 11) is 0. The highest BCUT2D eigenvalue weighted by atomic mass is 16.5. The first kappa shape index (κ1) is 16.1. The van der Waals surface area contributed by atoms with Gasteiger partial charge in [-0.2, -0.15) is 0 Å². The van der Waals surface area contributed by atoms with Gasteiger partial charge in [0.2, 0.25) is 5.91 Å². The molecule has 0 fully saturated rings. The number of hydrogen-bond donors (Lipinski definition) is 2. The minimum atomic E-state index is -0.204. The zero-order valence-corrected chi connectivity index (χ0v) is 13.8. The lowest BCUT2D eigenvalue weighted by Crippen LogP contribution is -2.21. The average Bonchev–Trinajstić information content (AvgIpc) is 2.56. The lowest BCUT2D eigenvalue weighted by Gasteiger charge is -2.17. The monoisotopic (exact) mass is 324 g/mol. The molecular formula is C19H20N2O3. The van der Waals surface area contributed by atoms with E-state index in [4.69, 9.17) is 4.74 Å². The Bertz CT molecular complexity index is 799. The van der Waals surface area contributed by atoms with Crippen LogP contribution in [0.4, 0.5) is 11.4 Å². The Balaban J connectivity index is 1.58. The molecule has 0 unspecified atom stereocenters. The van der Waals surface area contributed by atoms with Gasteiger partial charge in [-0.1, -0.05) is 6.07 Å². The van der Waals surface area contributed by atoms with E-state index in [1.165, 1.54) is 5.56 Å². The molecule has 0 atom stereocenters. The number of amides is 2. The van der Waals surface area contributed by atoms with Crippen LogP contribution in [0.1, 0.15) is 23.1 Å². The van der Waals surface area contributed by atoms with Crippen molar-refractivity contribution in [2.45, 2.75) is 26.7 Å². The molecule has 2 aromatic rings. The molecule has 0 bridgehead atoms. The molecule has 1 aliphatic heterocycles. The van der Waals surface area contributed by atoms with E-state index in [2.05, 4.69) is 10.6 Å². The van der Waals surface area contributed by atoms with Crippen LogP contribution in [0.5, 0.6) is 5.75 Å². The predicted molar refractivity (Wildman–Crippen MR) is 93.4 cm³/mol. The van der Waals surface area contributed by atoms with Crippen LogP contribution in [0.3, 0.4) is 0 Å². The largest absolute Gasteiger partial charge is 0.484 e. The average molecular weight is 324 g/mol. The van der Waals surface area contributed by atoms with E-state index in [9.17, 15) is 9.59 Å². The van der Waals surface area contributed by atoms with Gasteiger partial charge in [-0.05, 0) is 67.3 Å². The van der Waals surface area contributed by atoms with Crippen LogP contribution in [0.15, 0.2) is 36.4 Å². The molecule has 5 heteroatoms. The zero-order valence-electron chi connectivity index (χ0n) is 13.8. The summed E-state index contributed by atoms with van der Waals surface area (Å²) in [5.41, 5.74) is 4.93. The van der Waals surface area contributed by atoms with Gasteiger partial charge < -0.3 is 15.4 Å². The predicted octanol–water partition coefficient (Wildman–Crippen LogP) is 3.21. The first-order valence-corrected chi connectivity index (χ1v) is 7.94. The minimum absolute atomic E-state index is 0.0314. The number of anilines is 2. The highest BCUT2D eigenvalue weighted by Gasteiger charge is 2.15. The highest BCUT2D eigenvalue weighted by Crippen LogP contribution is 2.26. The number of carbonyl (C=O) groups is 2. The maximum atomic E-state index is 12.0. The summed E-state index contributed by atoms with van der Waals surface area (Å²) < 4.78 is 5.56. The molecule has 2 aromatic carbocycles. The molecule has 0 radical (unpaired) electrons. The van der Waals surface area contributed by atoms with Crippen molar-refractivity contribution in [3.8, 4) is 5.75 Å². The van der Waals surface area contributed by atoms with Gasteiger partial charge in [0.1, 0.15) is 5.75 Å². The summed E-state index contributed by atoms with van der Waals surface area (Å²) in [6.07, 6.45) is 1.16. The summed E-state index contributed by atoms with van der Waals surface area (Å²) in [5, 5.41) is 5.65. The SMILES string of the molecule is Cc1ccc(NC(=O)COc2ccc3c(c2)CCC(=O)N3)cc1C. The second kappa shape index (κ2) is 6.74. The number of ether oxygens (including phenoxy) is 1. The highest BCUT2D eigenvalue weighted by molar-refractivity contribution is 5.94. The van der Waals surface area contributed by atoms with Crippen molar-refractivity contribution in [1.82, 2.24) is 0 Å². The molecule has 1 aliphatic rings. The summed E-state index contributed by atoms with van der Waals surface area (Å²) in [4.78, 5) is 23.4. The maximum absolute atomic E-state index is 12.0. The number of carbonyl (C=O) groups excluding carboxylic acids is 2. The summed E-state index contributed by atoms with van der Waals surface area (Å²) >= 11 is 0. The molecule has 1 heterocycles. The number of benzene rings is 2. The Morgan fingerprint density at radius 1 is 1.12 bits per heavy atom. The van der Waals surface area contributed by atoms with Gasteiger partial charge in [0.05, 0.1) is 0 Å². The van der Waals surface area contributed by atoms with Crippen LogP contribution in [-0.4, -0.2) is 18.4 Å². The lowest BCUT2D eigenvalue weighted by molar-refractivity contribution is -0.118. The smallest absolute Gasteiger partial charge is 0.262 e. The van der Waals surface area contributed by atoms with Crippen molar-refractivity contribution >= 4 is 23.2 Å². The standard InChI is InChI=1S/C19H20N2O3/c1-12-3-5-15(9-13(12)2)20-19(23)11-24-16-6-7-17-14(10-16)4-8-18(22)21-17/h3,5-7,9-10H,4,8,11H2,1-2H3,(H,20,23)(H,21,22). The first-order chi connectivity index (χ1) is 11.5. The number of nitrogens with one attached hydrogen (secondary N) is 2. The molecule has 2 amide bonds.